The van der Waals surface area contributed by atoms with Crippen LogP contribution in [0.15, 0.2) is 16.5 Å². The van der Waals surface area contributed by atoms with Crippen molar-refractivity contribution in [3.8, 4) is 0 Å². The third-order valence-electron chi connectivity index (χ3n) is 5.03. The lowest BCUT2D eigenvalue weighted by Crippen LogP contribution is -2.43. The van der Waals surface area contributed by atoms with Crippen molar-refractivity contribution in [2.45, 2.75) is 63.5 Å². The molecule has 2 fully saturated rings. The monoisotopic (exact) mass is 278 g/mol. The first-order valence-corrected chi connectivity index (χ1v) is 7.95. The van der Waals surface area contributed by atoms with Gasteiger partial charge in [-0.25, -0.2) is 5.43 Å². The van der Waals surface area contributed by atoms with Gasteiger partial charge in [0.1, 0.15) is 11.5 Å². The highest BCUT2D eigenvalue weighted by Crippen LogP contribution is 2.45. The lowest BCUT2D eigenvalue weighted by molar-refractivity contribution is -0.0991. The minimum Gasteiger partial charge on any atom is -0.464 e. The molecule has 1 aromatic rings. The summed E-state index contributed by atoms with van der Waals surface area (Å²) in [6.45, 7) is 2.96. The molecule has 1 aliphatic heterocycles. The van der Waals surface area contributed by atoms with E-state index in [0.29, 0.717) is 5.92 Å². The van der Waals surface area contributed by atoms with Crippen LogP contribution < -0.4 is 11.3 Å². The quantitative estimate of drug-likeness (QED) is 0.656. The van der Waals surface area contributed by atoms with Crippen molar-refractivity contribution in [2.75, 3.05) is 6.61 Å². The molecule has 3 N–H and O–H groups in total. The van der Waals surface area contributed by atoms with E-state index in [0.717, 1.165) is 37.4 Å². The van der Waals surface area contributed by atoms with Crippen LogP contribution in [0.4, 0.5) is 0 Å². The number of hydrogen-bond donors (Lipinski definition) is 2. The highest BCUT2D eigenvalue weighted by Gasteiger charge is 2.42. The summed E-state index contributed by atoms with van der Waals surface area (Å²) in [7, 11) is 0. The second-order valence-electron chi connectivity index (χ2n) is 6.29. The smallest absolute Gasteiger partial charge is 0.122 e. The van der Waals surface area contributed by atoms with Crippen LogP contribution in [-0.2, 0) is 11.2 Å². The molecule has 1 aromatic heterocycles. The first kappa shape index (κ1) is 14.1. The van der Waals surface area contributed by atoms with Gasteiger partial charge in [-0.3, -0.25) is 5.84 Å². The maximum absolute atomic E-state index is 6.11. The summed E-state index contributed by atoms with van der Waals surface area (Å²) in [6.07, 6.45) is 8.10. The Bertz CT molecular complexity index is 437. The average Bonchev–Trinajstić information content (AvgIpc) is 3.10. The summed E-state index contributed by atoms with van der Waals surface area (Å²) in [6, 6.07) is 4.24. The van der Waals surface area contributed by atoms with E-state index in [2.05, 4.69) is 24.5 Å². The highest BCUT2D eigenvalue weighted by atomic mass is 16.5. The molecule has 1 saturated heterocycles. The Balaban J connectivity index is 1.75. The molecule has 1 spiro atoms. The van der Waals surface area contributed by atoms with Gasteiger partial charge >= 0.3 is 0 Å². The molecule has 2 unspecified atom stereocenters. The van der Waals surface area contributed by atoms with E-state index < -0.39 is 0 Å². The van der Waals surface area contributed by atoms with Crippen LogP contribution in [0.3, 0.4) is 0 Å². The number of ether oxygens (including phenoxy) is 1. The second kappa shape index (κ2) is 5.88. The highest BCUT2D eigenvalue weighted by molar-refractivity contribution is 5.12. The minimum atomic E-state index is 0.108. The fourth-order valence-corrected chi connectivity index (χ4v) is 3.92. The molecule has 2 aliphatic rings. The fourth-order valence-electron chi connectivity index (χ4n) is 3.92. The molecule has 3 rings (SSSR count). The zero-order valence-electron chi connectivity index (χ0n) is 12.4. The summed E-state index contributed by atoms with van der Waals surface area (Å²) >= 11 is 0. The van der Waals surface area contributed by atoms with E-state index in [1.807, 2.05) is 0 Å². The summed E-state index contributed by atoms with van der Waals surface area (Å²) in [4.78, 5) is 0. The van der Waals surface area contributed by atoms with Crippen LogP contribution in [-0.4, -0.2) is 12.2 Å². The van der Waals surface area contributed by atoms with E-state index >= 15 is 0 Å². The van der Waals surface area contributed by atoms with Gasteiger partial charge < -0.3 is 9.15 Å². The van der Waals surface area contributed by atoms with Crippen molar-refractivity contribution in [3.63, 3.8) is 0 Å². The van der Waals surface area contributed by atoms with Gasteiger partial charge in [-0.15, -0.1) is 0 Å². The van der Waals surface area contributed by atoms with Gasteiger partial charge in [0.25, 0.3) is 0 Å². The molecule has 2 atom stereocenters. The Labute approximate surface area is 121 Å². The van der Waals surface area contributed by atoms with Crippen LogP contribution in [0.2, 0.25) is 0 Å². The van der Waals surface area contributed by atoms with Gasteiger partial charge in [-0.05, 0) is 43.7 Å². The Morgan fingerprint density at radius 1 is 1.40 bits per heavy atom. The van der Waals surface area contributed by atoms with Gasteiger partial charge in [0.15, 0.2) is 0 Å². The van der Waals surface area contributed by atoms with Gasteiger partial charge in [0, 0.05) is 13.0 Å². The predicted octanol–water partition coefficient (Wildman–Crippen LogP) is 3.09. The molecule has 1 saturated carbocycles. The maximum Gasteiger partial charge on any atom is 0.122 e. The number of furan rings is 1. The topological polar surface area (TPSA) is 60.4 Å². The van der Waals surface area contributed by atoms with E-state index in [1.54, 1.807) is 0 Å². The standard InChI is InChI=1S/C16H26N2O2/c1-2-13-5-6-14(20-13)15(18-17)12-7-10-19-16(11-12)8-3-4-9-16/h5-6,12,15,18H,2-4,7-11,17H2,1H3. The zero-order valence-corrected chi connectivity index (χ0v) is 12.4. The van der Waals surface area contributed by atoms with Gasteiger partial charge in [0.2, 0.25) is 0 Å². The van der Waals surface area contributed by atoms with Gasteiger partial charge in [-0.2, -0.15) is 0 Å². The molecule has 1 aliphatic carbocycles. The Hall–Kier alpha value is -0.840. The molecule has 112 valence electrons. The van der Waals surface area contributed by atoms with Crippen LogP contribution in [0.1, 0.15) is 63.0 Å². The third kappa shape index (κ3) is 2.65. The molecule has 20 heavy (non-hydrogen) atoms. The van der Waals surface area contributed by atoms with Crippen LogP contribution in [0.25, 0.3) is 0 Å². The molecule has 4 nitrogen and oxygen atoms in total. The molecular weight excluding hydrogens is 252 g/mol. The van der Waals surface area contributed by atoms with Crippen molar-refractivity contribution < 1.29 is 9.15 Å². The third-order valence-corrected chi connectivity index (χ3v) is 5.03. The van der Waals surface area contributed by atoms with E-state index in [-0.39, 0.29) is 11.6 Å². The summed E-state index contributed by atoms with van der Waals surface area (Å²) in [5.74, 6) is 8.33. The lowest BCUT2D eigenvalue weighted by Gasteiger charge is -2.40. The Kier molecular flexibility index (Phi) is 4.15. The number of rotatable bonds is 4. The number of nitrogens with one attached hydrogen (secondary N) is 1. The minimum absolute atomic E-state index is 0.108. The molecule has 0 aromatic carbocycles. The lowest BCUT2D eigenvalue weighted by atomic mass is 9.80. The van der Waals surface area contributed by atoms with Crippen molar-refractivity contribution in [1.29, 1.82) is 0 Å². The van der Waals surface area contributed by atoms with Crippen LogP contribution >= 0.6 is 0 Å². The number of hydrazine groups is 1. The summed E-state index contributed by atoms with van der Waals surface area (Å²) in [5, 5.41) is 0. The number of nitrogens with two attached hydrogens (primary N) is 1. The number of aryl methyl sites for hydroxylation is 1. The normalized spacial score (nSPS) is 27.0. The summed E-state index contributed by atoms with van der Waals surface area (Å²) in [5.41, 5.74) is 3.11. The SMILES string of the molecule is CCc1ccc(C(NN)C2CCOC3(CCCC3)C2)o1. The first-order chi connectivity index (χ1) is 9.76. The van der Waals surface area contributed by atoms with E-state index in [4.69, 9.17) is 15.0 Å². The molecular formula is C16H26N2O2. The van der Waals surface area contributed by atoms with Crippen molar-refractivity contribution >= 4 is 0 Å². The predicted molar refractivity (Wildman–Crippen MR) is 78.0 cm³/mol. The Morgan fingerprint density at radius 2 is 2.20 bits per heavy atom. The van der Waals surface area contributed by atoms with Crippen LogP contribution in [0.5, 0.6) is 0 Å². The number of hydrogen-bond acceptors (Lipinski definition) is 4. The molecule has 0 amide bonds. The first-order valence-electron chi connectivity index (χ1n) is 7.95. The second-order valence-corrected chi connectivity index (χ2v) is 6.29. The van der Waals surface area contributed by atoms with Crippen molar-refractivity contribution in [1.82, 2.24) is 5.43 Å². The zero-order chi connectivity index (χ0) is 14.0. The van der Waals surface area contributed by atoms with Crippen molar-refractivity contribution in [3.05, 3.63) is 23.7 Å². The van der Waals surface area contributed by atoms with Crippen LogP contribution in [0, 0.1) is 5.92 Å². The molecule has 0 bridgehead atoms. The molecule has 2 heterocycles. The molecule has 4 heteroatoms. The average molecular weight is 278 g/mol. The summed E-state index contributed by atoms with van der Waals surface area (Å²) < 4.78 is 12.0. The molecule has 0 radical (unpaired) electrons. The maximum atomic E-state index is 6.11. The largest absolute Gasteiger partial charge is 0.464 e. The van der Waals surface area contributed by atoms with E-state index in [9.17, 15) is 0 Å². The van der Waals surface area contributed by atoms with Gasteiger partial charge in [0.05, 0.1) is 11.6 Å². The van der Waals surface area contributed by atoms with E-state index in [1.165, 1.54) is 25.7 Å². The Morgan fingerprint density at radius 3 is 2.85 bits per heavy atom. The van der Waals surface area contributed by atoms with Gasteiger partial charge in [-0.1, -0.05) is 19.8 Å². The van der Waals surface area contributed by atoms with Crippen molar-refractivity contribution in [2.24, 2.45) is 11.8 Å². The fraction of sp³-hybridized carbons (Fsp3) is 0.750.